The molecule has 0 spiro atoms. The van der Waals surface area contributed by atoms with Crippen LogP contribution < -0.4 is 15.0 Å². The number of hydrogen-bond donors (Lipinski definition) is 2. The van der Waals surface area contributed by atoms with Gasteiger partial charge in [0.25, 0.3) is 0 Å². The fourth-order valence-electron chi connectivity index (χ4n) is 1.66. The van der Waals surface area contributed by atoms with Gasteiger partial charge in [0.05, 0.1) is 18.9 Å². The zero-order valence-electron chi connectivity index (χ0n) is 10.1. The topological polar surface area (TPSA) is 44.7 Å². The van der Waals surface area contributed by atoms with E-state index in [-0.39, 0.29) is 6.10 Å². The van der Waals surface area contributed by atoms with Crippen LogP contribution in [0.4, 0.5) is 5.69 Å². The molecule has 0 aromatic heterocycles. The van der Waals surface area contributed by atoms with E-state index in [0.29, 0.717) is 13.1 Å². The molecule has 0 saturated heterocycles. The molecule has 0 aliphatic carbocycles. The Balaban J connectivity index is 2.68. The SMILES string of the molecule is CNCC(O)CN(C)c1ccccc1OC. The molecule has 1 atom stereocenters. The second kappa shape index (κ2) is 6.35. The van der Waals surface area contributed by atoms with Crippen molar-refractivity contribution in [2.24, 2.45) is 0 Å². The fourth-order valence-corrected chi connectivity index (χ4v) is 1.66. The van der Waals surface area contributed by atoms with E-state index in [9.17, 15) is 5.11 Å². The molecule has 4 nitrogen and oxygen atoms in total. The molecule has 16 heavy (non-hydrogen) atoms. The van der Waals surface area contributed by atoms with E-state index in [4.69, 9.17) is 4.74 Å². The van der Waals surface area contributed by atoms with Crippen LogP contribution in [0.25, 0.3) is 0 Å². The Hall–Kier alpha value is -1.26. The summed E-state index contributed by atoms with van der Waals surface area (Å²) in [5.41, 5.74) is 0.986. The van der Waals surface area contributed by atoms with Crippen molar-refractivity contribution < 1.29 is 9.84 Å². The summed E-state index contributed by atoms with van der Waals surface area (Å²) in [6.45, 7) is 1.15. The minimum atomic E-state index is -0.389. The number of benzene rings is 1. The molecule has 0 fully saturated rings. The lowest BCUT2D eigenvalue weighted by molar-refractivity contribution is 0.181. The Morgan fingerprint density at radius 3 is 2.75 bits per heavy atom. The van der Waals surface area contributed by atoms with Gasteiger partial charge in [-0.2, -0.15) is 0 Å². The van der Waals surface area contributed by atoms with Gasteiger partial charge in [0.1, 0.15) is 5.75 Å². The molecule has 0 bridgehead atoms. The van der Waals surface area contributed by atoms with Crippen LogP contribution >= 0.6 is 0 Å². The second-order valence-corrected chi connectivity index (χ2v) is 3.76. The Labute approximate surface area is 96.8 Å². The van der Waals surface area contributed by atoms with E-state index in [1.54, 1.807) is 7.11 Å². The summed E-state index contributed by atoms with van der Waals surface area (Å²) in [5.74, 6) is 0.821. The summed E-state index contributed by atoms with van der Waals surface area (Å²) in [5, 5.41) is 12.6. The van der Waals surface area contributed by atoms with Gasteiger partial charge in [-0.1, -0.05) is 12.1 Å². The van der Waals surface area contributed by atoms with Crippen LogP contribution in [-0.4, -0.2) is 45.5 Å². The van der Waals surface area contributed by atoms with Crippen molar-refractivity contribution in [1.82, 2.24) is 5.32 Å². The van der Waals surface area contributed by atoms with Crippen molar-refractivity contribution in [1.29, 1.82) is 0 Å². The highest BCUT2D eigenvalue weighted by Crippen LogP contribution is 2.26. The standard InChI is InChI=1S/C12H20N2O2/c1-13-8-10(15)9-14(2)11-6-4-5-7-12(11)16-3/h4-7,10,13,15H,8-9H2,1-3H3. The van der Waals surface area contributed by atoms with E-state index in [1.165, 1.54) is 0 Å². The van der Waals surface area contributed by atoms with Crippen molar-refractivity contribution in [3.63, 3.8) is 0 Å². The van der Waals surface area contributed by atoms with Crippen LogP contribution in [0, 0.1) is 0 Å². The highest BCUT2D eigenvalue weighted by atomic mass is 16.5. The van der Waals surface area contributed by atoms with E-state index >= 15 is 0 Å². The Morgan fingerprint density at radius 2 is 2.12 bits per heavy atom. The first-order chi connectivity index (χ1) is 7.69. The summed E-state index contributed by atoms with van der Waals surface area (Å²) in [6, 6.07) is 7.78. The summed E-state index contributed by atoms with van der Waals surface area (Å²) < 4.78 is 5.27. The van der Waals surface area contributed by atoms with E-state index in [0.717, 1.165) is 11.4 Å². The lowest BCUT2D eigenvalue weighted by atomic mass is 10.2. The molecule has 0 amide bonds. The molecule has 4 heteroatoms. The number of para-hydroxylation sites is 2. The Bertz CT molecular complexity index is 318. The average Bonchev–Trinajstić information content (AvgIpc) is 2.29. The molecule has 0 heterocycles. The number of likely N-dealkylation sites (N-methyl/N-ethyl adjacent to an activating group) is 2. The van der Waals surface area contributed by atoms with Gasteiger partial charge in [0.2, 0.25) is 0 Å². The first-order valence-electron chi connectivity index (χ1n) is 5.36. The highest BCUT2D eigenvalue weighted by molar-refractivity contribution is 5.57. The van der Waals surface area contributed by atoms with Gasteiger partial charge in [0, 0.05) is 20.1 Å². The van der Waals surface area contributed by atoms with Crippen LogP contribution in [-0.2, 0) is 0 Å². The molecule has 1 aromatic rings. The number of anilines is 1. The second-order valence-electron chi connectivity index (χ2n) is 3.76. The maximum Gasteiger partial charge on any atom is 0.142 e. The molecule has 0 saturated carbocycles. The number of nitrogens with one attached hydrogen (secondary N) is 1. The molecule has 1 aromatic carbocycles. The van der Waals surface area contributed by atoms with Gasteiger partial charge in [-0.05, 0) is 19.2 Å². The van der Waals surface area contributed by atoms with Crippen LogP contribution in [0.1, 0.15) is 0 Å². The maximum absolute atomic E-state index is 9.70. The minimum absolute atomic E-state index is 0.389. The summed E-state index contributed by atoms with van der Waals surface area (Å²) >= 11 is 0. The van der Waals surface area contributed by atoms with Crippen molar-refractivity contribution in [3.05, 3.63) is 24.3 Å². The minimum Gasteiger partial charge on any atom is -0.495 e. The number of ether oxygens (including phenoxy) is 1. The zero-order chi connectivity index (χ0) is 12.0. The smallest absolute Gasteiger partial charge is 0.142 e. The van der Waals surface area contributed by atoms with Gasteiger partial charge in [-0.15, -0.1) is 0 Å². The average molecular weight is 224 g/mol. The molecular weight excluding hydrogens is 204 g/mol. The van der Waals surface area contributed by atoms with E-state index in [2.05, 4.69) is 5.32 Å². The number of nitrogens with zero attached hydrogens (tertiary/aromatic N) is 1. The largest absolute Gasteiger partial charge is 0.495 e. The van der Waals surface area contributed by atoms with E-state index < -0.39 is 0 Å². The fraction of sp³-hybridized carbons (Fsp3) is 0.500. The quantitative estimate of drug-likeness (QED) is 0.747. The van der Waals surface area contributed by atoms with Gasteiger partial charge >= 0.3 is 0 Å². The molecule has 1 unspecified atom stereocenters. The molecule has 0 radical (unpaired) electrons. The lowest BCUT2D eigenvalue weighted by Gasteiger charge is -2.24. The first kappa shape index (κ1) is 12.8. The predicted octanol–water partition coefficient (Wildman–Crippen LogP) is 0.712. The number of aliphatic hydroxyl groups is 1. The molecule has 0 aliphatic rings. The summed E-state index contributed by atoms with van der Waals surface area (Å²) in [7, 11) is 5.42. The molecule has 0 aliphatic heterocycles. The van der Waals surface area contributed by atoms with Crippen LogP contribution in [0.5, 0.6) is 5.75 Å². The third kappa shape index (κ3) is 3.40. The third-order valence-electron chi connectivity index (χ3n) is 2.42. The molecular formula is C12H20N2O2. The Morgan fingerprint density at radius 1 is 1.44 bits per heavy atom. The number of hydrogen-bond acceptors (Lipinski definition) is 4. The van der Waals surface area contributed by atoms with Crippen molar-refractivity contribution in [2.75, 3.05) is 39.2 Å². The van der Waals surface area contributed by atoms with Crippen LogP contribution in [0.15, 0.2) is 24.3 Å². The first-order valence-corrected chi connectivity index (χ1v) is 5.36. The monoisotopic (exact) mass is 224 g/mol. The maximum atomic E-state index is 9.70. The van der Waals surface area contributed by atoms with E-state index in [1.807, 2.05) is 43.3 Å². The number of aliphatic hydroxyl groups excluding tert-OH is 1. The van der Waals surface area contributed by atoms with Crippen LogP contribution in [0.2, 0.25) is 0 Å². The number of rotatable bonds is 6. The van der Waals surface area contributed by atoms with Gasteiger partial charge < -0.3 is 20.1 Å². The normalized spacial score (nSPS) is 12.2. The lowest BCUT2D eigenvalue weighted by Crippen LogP contribution is -2.35. The van der Waals surface area contributed by atoms with Gasteiger partial charge in [-0.25, -0.2) is 0 Å². The molecule has 90 valence electrons. The highest BCUT2D eigenvalue weighted by Gasteiger charge is 2.11. The third-order valence-corrected chi connectivity index (χ3v) is 2.42. The molecule has 2 N–H and O–H groups in total. The van der Waals surface area contributed by atoms with Crippen LogP contribution in [0.3, 0.4) is 0 Å². The van der Waals surface area contributed by atoms with Crippen molar-refractivity contribution in [3.8, 4) is 5.75 Å². The van der Waals surface area contributed by atoms with Crippen molar-refractivity contribution in [2.45, 2.75) is 6.10 Å². The molecule has 1 rings (SSSR count). The Kier molecular flexibility index (Phi) is 5.08. The van der Waals surface area contributed by atoms with Gasteiger partial charge in [-0.3, -0.25) is 0 Å². The van der Waals surface area contributed by atoms with Crippen molar-refractivity contribution >= 4 is 5.69 Å². The predicted molar refractivity (Wildman–Crippen MR) is 66.2 cm³/mol. The zero-order valence-corrected chi connectivity index (χ0v) is 10.1. The summed E-state index contributed by atoms with van der Waals surface area (Å²) in [4.78, 5) is 1.99. The summed E-state index contributed by atoms with van der Waals surface area (Å²) in [6.07, 6.45) is -0.389. The number of methoxy groups -OCH3 is 1. The van der Waals surface area contributed by atoms with Gasteiger partial charge in [0.15, 0.2) is 0 Å².